The molecule has 0 unspecified atom stereocenters. The first-order valence-corrected chi connectivity index (χ1v) is 8.45. The molecule has 111 valence electrons. The molecule has 2 aromatic rings. The van der Waals surface area contributed by atoms with E-state index in [0.717, 1.165) is 9.52 Å². The van der Waals surface area contributed by atoms with Crippen molar-refractivity contribution in [3.05, 3.63) is 58.7 Å². The van der Waals surface area contributed by atoms with Crippen LogP contribution < -0.4 is 48.0 Å². The third-order valence-corrected chi connectivity index (χ3v) is 2.63. The van der Waals surface area contributed by atoms with Gasteiger partial charge in [-0.05, 0) is 0 Å². The van der Waals surface area contributed by atoms with Crippen LogP contribution in [-0.4, -0.2) is 9.52 Å². The number of halogens is 2. The van der Waals surface area contributed by atoms with Crippen molar-refractivity contribution < 1.29 is 74.2 Å². The Balaban J connectivity index is -0.0000000956. The normalized spacial score (nSPS) is 7.50. The second-order valence-electron chi connectivity index (χ2n) is 4.36. The summed E-state index contributed by atoms with van der Waals surface area (Å²) in [6, 6.07) is 12.6. The molecule has 2 rings (SSSR count). The van der Waals surface area contributed by atoms with Crippen molar-refractivity contribution in [2.45, 2.75) is 40.8 Å². The molecule has 0 N–H and O–H groups in total. The zero-order valence-electron chi connectivity index (χ0n) is 13.3. The summed E-state index contributed by atoms with van der Waals surface area (Å²) in [5.41, 5.74) is 5.56. The van der Waals surface area contributed by atoms with E-state index in [-0.39, 0.29) is 74.2 Å². The standard InChI is InChI=1S/2C7H9.C2H7Si.2HI.Zr/c2*1-6-4-3-5-7(6)2;1-3-2;;;/h2*3-5H,1-2H3;3H,1-2H3;2*1H;/q2*-1;;;;+4/p-2. The first-order valence-electron chi connectivity index (χ1n) is 6.14. The maximum Gasteiger partial charge on any atom is 4.00 e. The fourth-order valence-electron chi connectivity index (χ4n) is 1.20. The van der Waals surface area contributed by atoms with E-state index >= 15 is 0 Å². The Hall–Kier alpha value is 1.26. The molecule has 1 radical (unpaired) electrons. The van der Waals surface area contributed by atoms with Crippen molar-refractivity contribution in [2.24, 2.45) is 0 Å². The Bertz CT molecular complexity index is 337. The molecule has 0 bridgehead atoms. The molecule has 0 atom stereocenters. The number of aryl methyl sites for hydroxylation is 4. The molecule has 0 aliphatic heterocycles. The molecule has 0 nitrogen and oxygen atoms in total. The monoisotopic (exact) mass is 589 g/mol. The quantitative estimate of drug-likeness (QED) is 0.201. The molecular weight excluding hydrogens is 565 g/mol. The Morgan fingerprint density at radius 2 is 1.05 bits per heavy atom. The van der Waals surface area contributed by atoms with Gasteiger partial charge in [0.05, 0.1) is 0 Å². The molecule has 0 spiro atoms. The van der Waals surface area contributed by atoms with Gasteiger partial charge in [0.15, 0.2) is 0 Å². The molecule has 0 aliphatic carbocycles. The third kappa shape index (κ3) is 14.2. The Morgan fingerprint density at radius 3 is 1.10 bits per heavy atom. The molecule has 20 heavy (non-hydrogen) atoms. The van der Waals surface area contributed by atoms with Crippen LogP contribution in [-0.2, 0) is 26.2 Å². The van der Waals surface area contributed by atoms with Gasteiger partial charge >= 0.3 is 26.2 Å². The summed E-state index contributed by atoms with van der Waals surface area (Å²) in [5, 5.41) is 0. The van der Waals surface area contributed by atoms with Crippen molar-refractivity contribution in [3.63, 3.8) is 0 Å². The maximum atomic E-state index is 2.21. The minimum absolute atomic E-state index is 0. The van der Waals surface area contributed by atoms with Crippen LogP contribution in [0.2, 0.25) is 13.1 Å². The first kappa shape index (κ1) is 29.3. The van der Waals surface area contributed by atoms with Gasteiger partial charge in [0, 0.05) is 9.52 Å². The van der Waals surface area contributed by atoms with Gasteiger partial charge in [0.2, 0.25) is 0 Å². The van der Waals surface area contributed by atoms with Gasteiger partial charge in [0.1, 0.15) is 0 Å². The summed E-state index contributed by atoms with van der Waals surface area (Å²) < 4.78 is 0. The van der Waals surface area contributed by atoms with Crippen LogP contribution in [0.3, 0.4) is 0 Å². The number of rotatable bonds is 0. The second-order valence-corrected chi connectivity index (χ2v) is 5.52. The summed E-state index contributed by atoms with van der Waals surface area (Å²) in [5.74, 6) is 0. The van der Waals surface area contributed by atoms with Crippen molar-refractivity contribution in [3.8, 4) is 0 Å². The van der Waals surface area contributed by atoms with E-state index < -0.39 is 0 Å². The first-order chi connectivity index (χ1) is 8.02. The number of hydrogen-bond donors (Lipinski definition) is 0. The molecule has 0 amide bonds. The van der Waals surface area contributed by atoms with Crippen molar-refractivity contribution >= 4 is 9.52 Å². The van der Waals surface area contributed by atoms with Crippen LogP contribution in [0.25, 0.3) is 0 Å². The molecule has 0 aliphatic rings. The summed E-state index contributed by atoms with van der Waals surface area (Å²) in [4.78, 5) is 0. The molecule has 0 aromatic heterocycles. The molecule has 0 fully saturated rings. The summed E-state index contributed by atoms with van der Waals surface area (Å²) >= 11 is 0. The summed E-state index contributed by atoms with van der Waals surface area (Å²) in [6.07, 6.45) is 0. The van der Waals surface area contributed by atoms with Gasteiger partial charge in [-0.1, -0.05) is 40.8 Å². The smallest absolute Gasteiger partial charge is 1.00 e. The Kier molecular flexibility index (Phi) is 26.8. The fraction of sp³-hybridized carbons (Fsp3) is 0.375. The molecule has 0 heterocycles. The van der Waals surface area contributed by atoms with Gasteiger partial charge < -0.3 is 48.0 Å². The van der Waals surface area contributed by atoms with Crippen LogP contribution in [0.5, 0.6) is 0 Å². The van der Waals surface area contributed by atoms with Crippen molar-refractivity contribution in [1.29, 1.82) is 0 Å². The Morgan fingerprint density at radius 1 is 0.800 bits per heavy atom. The predicted molar refractivity (Wildman–Crippen MR) is 81.9 cm³/mol. The van der Waals surface area contributed by atoms with Crippen molar-refractivity contribution in [2.75, 3.05) is 0 Å². The van der Waals surface area contributed by atoms with Gasteiger partial charge in [-0.15, -0.1) is 0 Å². The average molecular weight is 590 g/mol. The SMILES string of the molecule is C[SiH]C.Cc1ccc[c-]1C.Cc1ccc[c-]1C.[I-].[I-].[Zr+4]. The average Bonchev–Trinajstić information content (AvgIpc) is 2.81. The van der Waals surface area contributed by atoms with E-state index in [1.807, 2.05) is 0 Å². The van der Waals surface area contributed by atoms with E-state index in [0.29, 0.717) is 0 Å². The van der Waals surface area contributed by atoms with E-state index in [2.05, 4.69) is 77.2 Å². The largest absolute Gasteiger partial charge is 4.00 e. The van der Waals surface area contributed by atoms with Gasteiger partial charge in [-0.25, -0.2) is 24.3 Å². The van der Waals surface area contributed by atoms with Gasteiger partial charge in [-0.2, -0.15) is 34.4 Å². The minimum atomic E-state index is 0. The predicted octanol–water partition coefficient (Wildman–Crippen LogP) is -1.43. The summed E-state index contributed by atoms with van der Waals surface area (Å²) in [6.45, 7) is 12.9. The topological polar surface area (TPSA) is 0 Å². The summed E-state index contributed by atoms with van der Waals surface area (Å²) in [7, 11) is 0.750. The van der Waals surface area contributed by atoms with Gasteiger partial charge in [0.25, 0.3) is 0 Å². The Labute approximate surface area is 181 Å². The molecule has 0 saturated carbocycles. The van der Waals surface area contributed by atoms with Crippen LogP contribution in [0.15, 0.2) is 36.4 Å². The molecule has 2 aromatic carbocycles. The zero-order valence-corrected chi connectivity index (χ0v) is 21.2. The van der Waals surface area contributed by atoms with Gasteiger partial charge in [-0.3, -0.25) is 0 Å². The van der Waals surface area contributed by atoms with Crippen LogP contribution in [0.4, 0.5) is 0 Å². The van der Waals surface area contributed by atoms with E-state index in [9.17, 15) is 0 Å². The van der Waals surface area contributed by atoms with E-state index in [1.165, 1.54) is 22.3 Å². The van der Waals surface area contributed by atoms with Crippen LogP contribution in [0, 0.1) is 27.7 Å². The fourth-order valence-corrected chi connectivity index (χ4v) is 1.20. The maximum absolute atomic E-state index is 2.21. The van der Waals surface area contributed by atoms with Crippen LogP contribution in [0.1, 0.15) is 22.3 Å². The molecule has 4 heteroatoms. The minimum Gasteiger partial charge on any atom is -1.00 e. The molecule has 0 saturated heterocycles. The zero-order chi connectivity index (χ0) is 13.3. The second kappa shape index (κ2) is 18.3. The third-order valence-electron chi connectivity index (χ3n) is 2.63. The van der Waals surface area contributed by atoms with E-state index in [1.54, 1.807) is 0 Å². The molecular formula is C16H25I2SiZr. The number of hydrogen-bond acceptors (Lipinski definition) is 0. The van der Waals surface area contributed by atoms with Crippen molar-refractivity contribution in [1.82, 2.24) is 0 Å². The van der Waals surface area contributed by atoms with E-state index in [4.69, 9.17) is 0 Å². The van der Waals surface area contributed by atoms with Crippen LogP contribution >= 0.6 is 0 Å².